The third-order valence-electron chi connectivity index (χ3n) is 4.65. The molecule has 6 heteroatoms. The van der Waals surface area contributed by atoms with E-state index in [-0.39, 0.29) is 11.4 Å². The number of nitrogens with zero attached hydrogens (tertiary/aromatic N) is 2. The highest BCUT2D eigenvalue weighted by atomic mass is 32.1. The molecule has 2 aromatic heterocycles. The van der Waals surface area contributed by atoms with Gasteiger partial charge in [-0.25, -0.2) is 0 Å². The van der Waals surface area contributed by atoms with Crippen molar-refractivity contribution in [2.24, 2.45) is 0 Å². The van der Waals surface area contributed by atoms with E-state index in [1.54, 1.807) is 18.3 Å². The minimum absolute atomic E-state index is 0.134. The molecule has 2 aliphatic rings. The van der Waals surface area contributed by atoms with Crippen molar-refractivity contribution in [2.45, 2.75) is 71.0 Å². The molecule has 2 aromatic rings. The molecular weight excluding hydrogens is 324 g/mol. The van der Waals surface area contributed by atoms with Crippen LogP contribution in [0, 0.1) is 0 Å². The number of fused-ring (bicyclic) bond motifs is 1. The molecule has 0 N–H and O–H groups in total. The second kappa shape index (κ2) is 4.99. The van der Waals surface area contributed by atoms with Gasteiger partial charge in [0.2, 0.25) is 0 Å². The van der Waals surface area contributed by atoms with Crippen LogP contribution in [0.2, 0.25) is 0 Å². The summed E-state index contributed by atoms with van der Waals surface area (Å²) in [6, 6.07) is 0. The molecule has 0 radical (unpaired) electrons. The van der Waals surface area contributed by atoms with Crippen molar-refractivity contribution in [1.29, 1.82) is 0 Å². The summed E-state index contributed by atoms with van der Waals surface area (Å²) in [6.07, 6.45) is 2.64. The molecule has 1 fully saturated rings. The van der Waals surface area contributed by atoms with Gasteiger partial charge in [-0.2, -0.15) is 4.98 Å². The first-order valence-electron chi connectivity index (χ1n) is 8.39. The van der Waals surface area contributed by atoms with Crippen LogP contribution >= 0.6 is 11.3 Å². The lowest BCUT2D eigenvalue weighted by Gasteiger charge is -2.26. The van der Waals surface area contributed by atoms with Crippen molar-refractivity contribution in [3.8, 4) is 11.5 Å². The van der Waals surface area contributed by atoms with E-state index in [9.17, 15) is 4.79 Å². The summed E-state index contributed by atoms with van der Waals surface area (Å²) in [5, 5.41) is 4.16. The number of carbonyl (C=O) groups is 1. The predicted octanol–water partition coefficient (Wildman–Crippen LogP) is 4.31. The highest BCUT2D eigenvalue weighted by Gasteiger charge is 2.48. The van der Waals surface area contributed by atoms with E-state index in [0.29, 0.717) is 18.2 Å². The first-order chi connectivity index (χ1) is 11.2. The molecule has 0 unspecified atom stereocenters. The van der Waals surface area contributed by atoms with Gasteiger partial charge in [0, 0.05) is 27.7 Å². The minimum atomic E-state index is -0.450. The Labute approximate surface area is 145 Å². The summed E-state index contributed by atoms with van der Waals surface area (Å²) in [5.41, 5.74) is 1.18. The Morgan fingerprint density at radius 2 is 1.96 bits per heavy atom. The van der Waals surface area contributed by atoms with E-state index in [2.05, 4.69) is 37.8 Å². The van der Waals surface area contributed by atoms with E-state index >= 15 is 0 Å². The molecule has 128 valence electrons. The molecule has 0 amide bonds. The van der Waals surface area contributed by atoms with Gasteiger partial charge >= 0.3 is 0 Å². The molecule has 1 aliphatic heterocycles. The van der Waals surface area contributed by atoms with Gasteiger partial charge in [-0.05, 0) is 47.5 Å². The Kier molecular flexibility index (Phi) is 3.32. The maximum Gasteiger partial charge on any atom is 0.259 e. The summed E-state index contributed by atoms with van der Waals surface area (Å²) in [4.78, 5) is 18.6. The predicted molar refractivity (Wildman–Crippen MR) is 91.1 cm³/mol. The first-order valence-corrected chi connectivity index (χ1v) is 9.21. The second-order valence-electron chi connectivity index (χ2n) is 7.84. The van der Waals surface area contributed by atoms with E-state index in [4.69, 9.17) is 9.26 Å². The summed E-state index contributed by atoms with van der Waals surface area (Å²) in [5.74, 6) is 1.88. The van der Waals surface area contributed by atoms with Crippen LogP contribution in [-0.2, 0) is 27.2 Å². The maximum atomic E-state index is 11.8. The van der Waals surface area contributed by atoms with Gasteiger partial charge < -0.3 is 9.26 Å². The lowest BCUT2D eigenvalue weighted by atomic mass is 9.92. The summed E-state index contributed by atoms with van der Waals surface area (Å²) in [6.45, 7) is 9.88. The Hall–Kier alpha value is -1.53. The van der Waals surface area contributed by atoms with Crippen molar-refractivity contribution < 1.29 is 14.1 Å². The standard InChI is InChI=1S/C18H22N2O3S/c1-9(21)8-11-12(16-19-15(20-22-16)10-6-7-10)13-14(24-11)18(4,5)23-17(13,2)3/h10H,6-8H2,1-5H3. The van der Waals surface area contributed by atoms with Gasteiger partial charge in [0.05, 0.1) is 16.8 Å². The third kappa shape index (κ3) is 2.43. The normalized spacial score (nSPS) is 21.0. The number of rotatable bonds is 4. The highest BCUT2D eigenvalue weighted by Crippen LogP contribution is 2.55. The van der Waals surface area contributed by atoms with Gasteiger partial charge in [-0.1, -0.05) is 5.16 Å². The fraction of sp³-hybridized carbons (Fsp3) is 0.611. The molecule has 0 bridgehead atoms. The lowest BCUT2D eigenvalue weighted by Crippen LogP contribution is -2.23. The smallest absolute Gasteiger partial charge is 0.259 e. The molecule has 0 saturated heterocycles. The van der Waals surface area contributed by atoms with E-state index in [0.717, 1.165) is 39.5 Å². The zero-order valence-electron chi connectivity index (χ0n) is 14.7. The van der Waals surface area contributed by atoms with Crippen LogP contribution in [0.25, 0.3) is 11.5 Å². The molecule has 4 rings (SSSR count). The van der Waals surface area contributed by atoms with Crippen LogP contribution < -0.4 is 0 Å². The van der Waals surface area contributed by atoms with Crippen LogP contribution in [0.4, 0.5) is 0 Å². The largest absolute Gasteiger partial charge is 0.359 e. The van der Waals surface area contributed by atoms with E-state index in [1.807, 2.05) is 0 Å². The second-order valence-corrected chi connectivity index (χ2v) is 8.94. The van der Waals surface area contributed by atoms with Crippen molar-refractivity contribution >= 4 is 17.1 Å². The molecule has 0 aromatic carbocycles. The van der Waals surface area contributed by atoms with Gasteiger partial charge in [-0.15, -0.1) is 11.3 Å². The summed E-state index contributed by atoms with van der Waals surface area (Å²) >= 11 is 1.64. The lowest BCUT2D eigenvalue weighted by molar-refractivity contribution is -0.116. The summed E-state index contributed by atoms with van der Waals surface area (Å²) < 4.78 is 11.9. The molecule has 3 heterocycles. The highest BCUT2D eigenvalue weighted by molar-refractivity contribution is 7.13. The Bertz CT molecular complexity index is 827. The summed E-state index contributed by atoms with van der Waals surface area (Å²) in [7, 11) is 0. The van der Waals surface area contributed by atoms with Crippen molar-refractivity contribution in [3.05, 3.63) is 21.1 Å². The fourth-order valence-corrected chi connectivity index (χ4v) is 5.18. The molecule has 5 nitrogen and oxygen atoms in total. The Morgan fingerprint density at radius 3 is 2.58 bits per heavy atom. The van der Waals surface area contributed by atoms with Crippen LogP contribution in [-0.4, -0.2) is 15.9 Å². The topological polar surface area (TPSA) is 65.2 Å². The first kappa shape index (κ1) is 16.0. The Balaban J connectivity index is 1.91. The molecule has 1 aliphatic carbocycles. The number of aromatic nitrogens is 2. The van der Waals surface area contributed by atoms with Gasteiger partial charge in [-0.3, -0.25) is 4.79 Å². The quantitative estimate of drug-likeness (QED) is 0.825. The molecule has 0 spiro atoms. The zero-order chi connectivity index (χ0) is 17.3. The van der Waals surface area contributed by atoms with Gasteiger partial charge in [0.25, 0.3) is 5.89 Å². The van der Waals surface area contributed by atoms with Gasteiger partial charge in [0.15, 0.2) is 5.82 Å². The van der Waals surface area contributed by atoms with Crippen LogP contribution in [0.1, 0.15) is 74.5 Å². The average molecular weight is 346 g/mol. The molecule has 1 saturated carbocycles. The number of Topliss-reactive ketones (excluding diaryl/α,β-unsaturated/α-hetero) is 1. The maximum absolute atomic E-state index is 11.8. The van der Waals surface area contributed by atoms with Crippen molar-refractivity contribution in [1.82, 2.24) is 10.1 Å². The number of ether oxygens (including phenoxy) is 1. The number of hydrogen-bond acceptors (Lipinski definition) is 6. The molecule has 24 heavy (non-hydrogen) atoms. The third-order valence-corrected chi connectivity index (χ3v) is 6.14. The van der Waals surface area contributed by atoms with E-state index < -0.39 is 5.60 Å². The minimum Gasteiger partial charge on any atom is -0.359 e. The molecular formula is C18H22N2O3S. The van der Waals surface area contributed by atoms with Crippen molar-refractivity contribution in [2.75, 3.05) is 0 Å². The fourth-order valence-electron chi connectivity index (χ4n) is 3.63. The zero-order valence-corrected chi connectivity index (χ0v) is 15.5. The Morgan fingerprint density at radius 1 is 1.25 bits per heavy atom. The van der Waals surface area contributed by atoms with Crippen LogP contribution in [0.5, 0.6) is 0 Å². The van der Waals surface area contributed by atoms with Crippen LogP contribution in [0.15, 0.2) is 4.52 Å². The van der Waals surface area contributed by atoms with Crippen molar-refractivity contribution in [3.63, 3.8) is 0 Å². The van der Waals surface area contributed by atoms with Crippen LogP contribution in [0.3, 0.4) is 0 Å². The number of thiophene rings is 1. The number of ketones is 1. The van der Waals surface area contributed by atoms with E-state index in [1.165, 1.54) is 0 Å². The van der Waals surface area contributed by atoms with Gasteiger partial charge in [0.1, 0.15) is 5.78 Å². The average Bonchev–Trinajstić information content (AvgIpc) is 2.98. The number of carbonyl (C=O) groups excluding carboxylic acids is 1. The monoisotopic (exact) mass is 346 g/mol. The SMILES string of the molecule is CC(=O)Cc1sc2c(c1-c1nc(C3CC3)no1)C(C)(C)OC2(C)C. The molecule has 0 atom stereocenters. The number of hydrogen-bond donors (Lipinski definition) is 0.